The van der Waals surface area contributed by atoms with Gasteiger partial charge < -0.3 is 42.9 Å². The van der Waals surface area contributed by atoms with Gasteiger partial charge in [0, 0.05) is 24.5 Å². The van der Waals surface area contributed by atoms with Gasteiger partial charge in [-0.3, -0.25) is 40.4 Å². The van der Waals surface area contributed by atoms with Gasteiger partial charge in [0.05, 0.1) is 41.2 Å². The van der Waals surface area contributed by atoms with Crippen LogP contribution < -0.4 is 73.2 Å². The van der Waals surface area contributed by atoms with Crippen molar-refractivity contribution in [2.24, 2.45) is 0 Å². The fourth-order valence-corrected chi connectivity index (χ4v) is 6.65. The van der Waals surface area contributed by atoms with Crippen molar-refractivity contribution >= 4 is 120 Å². The number of hydrogen-bond donors (Lipinski definition) is 1. The van der Waals surface area contributed by atoms with Crippen molar-refractivity contribution in [3.63, 3.8) is 0 Å². The minimum absolute atomic E-state index is 0. The van der Waals surface area contributed by atoms with E-state index in [4.69, 9.17) is 25.8 Å². The summed E-state index contributed by atoms with van der Waals surface area (Å²) in [6.07, 6.45) is 4.95. The summed E-state index contributed by atoms with van der Waals surface area (Å²) in [6, 6.07) is 9.70. The summed E-state index contributed by atoms with van der Waals surface area (Å²) in [6.45, 7) is 11.3. The molecule has 0 bridgehead atoms. The predicted molar refractivity (Wildman–Crippen MR) is 250 cm³/mol. The minimum atomic E-state index is -0.768. The monoisotopic (exact) mass is 1280 g/mol. The van der Waals surface area contributed by atoms with Gasteiger partial charge in [-0.25, -0.2) is 19.6 Å². The van der Waals surface area contributed by atoms with E-state index in [-0.39, 0.29) is 137 Å². The molecule has 18 nitrogen and oxygen atoms in total. The van der Waals surface area contributed by atoms with E-state index in [1.807, 2.05) is 12.1 Å². The second-order valence-electron chi connectivity index (χ2n) is 10.1. The Hall–Kier alpha value is -2.61. The quantitative estimate of drug-likeness (QED) is 0.0229. The van der Waals surface area contributed by atoms with Gasteiger partial charge in [0.1, 0.15) is 51.0 Å². The third-order valence-electron chi connectivity index (χ3n) is 6.32. The van der Waals surface area contributed by atoms with Crippen molar-refractivity contribution in [3.05, 3.63) is 124 Å². The first-order chi connectivity index (χ1) is 27.2. The molecule has 1 unspecified atom stereocenters. The van der Waals surface area contributed by atoms with Crippen LogP contribution in [-0.4, -0.2) is 68.4 Å². The Balaban J connectivity index is -0.000000427. The number of alkyl halides is 1. The summed E-state index contributed by atoms with van der Waals surface area (Å²) in [5.74, 6) is 1.52. The molecule has 0 saturated carbocycles. The average Bonchev–Trinajstić information content (AvgIpc) is 3.15. The number of hydrogen-bond acceptors (Lipinski definition) is 14. The number of carbonyl (C=O) groups is 2. The molecule has 2 amide bonds. The van der Waals surface area contributed by atoms with Gasteiger partial charge in [-0.1, -0.05) is 40.2 Å². The van der Waals surface area contributed by atoms with Gasteiger partial charge in [-0.15, -0.1) is 11.6 Å². The number of amides is 2. The molecule has 336 valence electrons. The topological polar surface area (TPSA) is 224 Å². The number of nitro groups is 2. The summed E-state index contributed by atoms with van der Waals surface area (Å²) >= 11 is 17.9. The van der Waals surface area contributed by atoms with Crippen molar-refractivity contribution in [2.45, 2.75) is 41.1 Å². The van der Waals surface area contributed by atoms with Crippen LogP contribution in [0.1, 0.15) is 40.1 Å². The van der Waals surface area contributed by atoms with E-state index in [0.717, 1.165) is 16.3 Å². The molecule has 0 radical (unpaired) electrons. The first-order valence-electron chi connectivity index (χ1n) is 16.0. The molecule has 0 fully saturated rings. The maximum Gasteiger partial charge on any atom is 1.00 e. The van der Waals surface area contributed by atoms with Crippen LogP contribution in [0.3, 0.4) is 0 Å². The van der Waals surface area contributed by atoms with Crippen LogP contribution in [0.2, 0.25) is 0 Å². The number of carbonyl (C=O) groups excluding carboxylic acids is 2. The fraction of sp³-hybridized carbons (Fsp3) is 0.278. The van der Waals surface area contributed by atoms with Gasteiger partial charge in [-0.05, 0) is 102 Å². The Kier molecular flexibility index (Phi) is 38.0. The van der Waals surface area contributed by atoms with Crippen LogP contribution in [0.4, 0.5) is 32.3 Å². The van der Waals surface area contributed by atoms with E-state index in [1.54, 1.807) is 44.3 Å². The zero-order valence-electron chi connectivity index (χ0n) is 32.1. The van der Waals surface area contributed by atoms with E-state index < -0.39 is 22.0 Å². The Morgan fingerprint density at radius 2 is 1.31 bits per heavy atom. The third-order valence-corrected chi connectivity index (χ3v) is 8.49. The van der Waals surface area contributed by atoms with Crippen LogP contribution in [0, 0.1) is 20.2 Å². The number of halogens is 6. The van der Waals surface area contributed by atoms with E-state index in [0.29, 0.717) is 33.1 Å². The smallest absolute Gasteiger partial charge is 1.00 e. The summed E-state index contributed by atoms with van der Waals surface area (Å²) in [7, 11) is 0. The number of aromatic nitrogens is 4. The molecule has 0 spiro atoms. The zero-order valence-corrected chi connectivity index (χ0v) is 44.8. The van der Waals surface area contributed by atoms with Crippen LogP contribution in [0.5, 0.6) is 11.5 Å². The van der Waals surface area contributed by atoms with Crippen molar-refractivity contribution in [1.29, 1.82) is 0 Å². The van der Waals surface area contributed by atoms with Crippen molar-refractivity contribution in [1.82, 2.24) is 19.9 Å². The van der Waals surface area contributed by atoms with Crippen molar-refractivity contribution in [2.75, 3.05) is 36.6 Å². The summed E-state index contributed by atoms with van der Waals surface area (Å²) in [5, 5.41) is 24.7. The molecule has 0 aliphatic carbocycles. The van der Waals surface area contributed by atoms with Crippen LogP contribution in [-0.2, 0) is 21.9 Å². The van der Waals surface area contributed by atoms with Crippen molar-refractivity contribution in [3.8, 4) is 11.5 Å². The maximum absolute atomic E-state index is 12.6. The van der Waals surface area contributed by atoms with Crippen LogP contribution in [0.25, 0.3) is 0 Å². The standard InChI is InChI=1S/C17H16Br2N4O5.C9H10ClNO.C8H7Br2N3O4.2CH4.HI.Na.H3P/c1-3-8-28-13-6-5-7-20-11(13)10-22(17(24)27-4-2)12-9-14(18)21-16(19)15(12)23(25)26;1-2-6-12-9-4-3-5-11-8(9)7-10;1-2-17-8(14)11-4-3-5(9)12-7(10)6(4)13(15)16;;;;;/h3,5-7,9H,1,4,8,10H2,2H3;2-5H,1,6-7H2;3H,2H2,1H3,(H,11,12,14);2*1H4;1H;;1H3/q;;;;;;+1;/p-1. The zero-order chi connectivity index (χ0) is 42.5. The first kappa shape index (κ1) is 66.0. The van der Waals surface area contributed by atoms with Crippen LogP contribution >= 0.6 is 85.2 Å². The first-order valence-corrected chi connectivity index (χ1v) is 19.7. The summed E-state index contributed by atoms with van der Waals surface area (Å²) < 4.78 is 21.3. The molecule has 26 heteroatoms. The van der Waals surface area contributed by atoms with Crippen molar-refractivity contribution < 1.29 is 91.9 Å². The summed E-state index contributed by atoms with van der Waals surface area (Å²) in [4.78, 5) is 62.1. The molecular weight excluding hydrogens is 1240 g/mol. The molecule has 0 aliphatic rings. The van der Waals surface area contributed by atoms with E-state index in [9.17, 15) is 29.8 Å². The Labute approximate surface area is 440 Å². The number of ether oxygens (including phenoxy) is 4. The van der Waals surface area contributed by atoms with Gasteiger partial charge in [-0.2, -0.15) is 9.90 Å². The molecule has 4 heterocycles. The van der Waals surface area contributed by atoms with Gasteiger partial charge in [0.2, 0.25) is 0 Å². The van der Waals surface area contributed by atoms with E-state index in [1.165, 1.54) is 18.3 Å². The molecule has 1 N–H and O–H groups in total. The number of nitrogens with zero attached hydrogens (tertiary/aromatic N) is 7. The SMILES string of the molecule is C.C.C=CCOc1cccnc1CCl.C=CCOc1cccnc1CN(C(=O)OCC)c1cc(Br)nc(Br)c1[N+](=O)[O-].CCOC(=O)Nc1cc(Br)nc(Br)c1[N+](=O)[O-].P.[I-].[Na+]. The molecular formula is C36H44Br4ClIN8NaO10P. The Morgan fingerprint density at radius 3 is 1.77 bits per heavy atom. The molecule has 1 atom stereocenters. The molecule has 0 aliphatic heterocycles. The molecule has 4 aromatic heterocycles. The molecule has 0 aromatic carbocycles. The fourth-order valence-electron chi connectivity index (χ4n) is 4.09. The molecule has 62 heavy (non-hydrogen) atoms. The number of nitrogens with one attached hydrogen (secondary N) is 1. The van der Waals surface area contributed by atoms with E-state index in [2.05, 4.69) is 107 Å². The van der Waals surface area contributed by atoms with E-state index >= 15 is 0 Å². The summed E-state index contributed by atoms with van der Waals surface area (Å²) in [5.41, 5.74) is 0.457. The Morgan fingerprint density at radius 1 is 0.839 bits per heavy atom. The van der Waals surface area contributed by atoms with Gasteiger partial charge in [0.25, 0.3) is 0 Å². The van der Waals surface area contributed by atoms with Gasteiger partial charge >= 0.3 is 53.1 Å². The minimum Gasteiger partial charge on any atom is -1.00 e. The normalized spacial score (nSPS) is 9.15. The maximum atomic E-state index is 12.6. The predicted octanol–water partition coefficient (Wildman–Crippen LogP) is 5.44. The Bertz CT molecular complexity index is 2070. The second-order valence-corrected chi connectivity index (χ2v) is 13.5. The van der Waals surface area contributed by atoms with Crippen LogP contribution in [0.15, 0.2) is 92.5 Å². The largest absolute Gasteiger partial charge is 1.00 e. The average molecular weight is 1280 g/mol. The molecule has 4 aromatic rings. The van der Waals surface area contributed by atoms with Gasteiger partial charge in [0.15, 0.2) is 9.21 Å². The molecule has 4 rings (SSSR count). The number of pyridine rings is 4. The number of anilines is 2. The third kappa shape index (κ3) is 21.8. The molecule has 0 saturated heterocycles. The second kappa shape index (κ2) is 35.7. The number of rotatable bonds is 15.